The smallest absolute Gasteiger partial charge is 0.213 e. The van der Waals surface area contributed by atoms with Crippen molar-refractivity contribution in [1.29, 1.82) is 0 Å². The van der Waals surface area contributed by atoms with Crippen LogP contribution < -0.4 is 10.5 Å². The Kier molecular flexibility index (Phi) is 3.75. The van der Waals surface area contributed by atoms with Crippen LogP contribution >= 0.6 is 15.9 Å². The summed E-state index contributed by atoms with van der Waals surface area (Å²) in [6, 6.07) is 5.64. The van der Waals surface area contributed by atoms with Crippen molar-refractivity contribution < 1.29 is 9.26 Å². The summed E-state index contributed by atoms with van der Waals surface area (Å²) in [5.74, 6) is 1.22. The fourth-order valence-corrected chi connectivity index (χ4v) is 1.75. The first-order valence-electron chi connectivity index (χ1n) is 5.10. The summed E-state index contributed by atoms with van der Waals surface area (Å²) in [6.07, 6.45) is 1.27. The lowest BCUT2D eigenvalue weighted by Gasteiger charge is -2.13. The highest BCUT2D eigenvalue weighted by molar-refractivity contribution is 9.10. The Morgan fingerprint density at radius 3 is 3.00 bits per heavy atom. The molecular weight excluding hydrogens is 286 g/mol. The van der Waals surface area contributed by atoms with E-state index < -0.39 is 0 Å². The molecule has 0 fully saturated rings. The Balaban J connectivity index is 2.16. The van der Waals surface area contributed by atoms with Crippen molar-refractivity contribution in [2.24, 2.45) is 5.73 Å². The van der Waals surface area contributed by atoms with Gasteiger partial charge in [-0.1, -0.05) is 27.2 Å². The van der Waals surface area contributed by atoms with Gasteiger partial charge in [-0.2, -0.15) is 4.98 Å². The fourth-order valence-electron chi connectivity index (χ4n) is 1.41. The molecule has 17 heavy (non-hydrogen) atoms. The standard InChI is InChI=1S/C11H12BrN3O2/c1-7(13)9-3-2-8(12)4-10(9)16-5-11-14-6-17-15-11/h2-4,6-7H,5,13H2,1H3. The summed E-state index contributed by atoms with van der Waals surface area (Å²) in [7, 11) is 0. The zero-order valence-electron chi connectivity index (χ0n) is 9.26. The van der Waals surface area contributed by atoms with Gasteiger partial charge in [0.05, 0.1) is 0 Å². The Hall–Kier alpha value is -1.40. The van der Waals surface area contributed by atoms with Crippen LogP contribution in [0.5, 0.6) is 5.75 Å². The summed E-state index contributed by atoms with van der Waals surface area (Å²) in [5.41, 5.74) is 6.81. The molecule has 2 N–H and O–H groups in total. The molecule has 0 bridgehead atoms. The minimum atomic E-state index is -0.0941. The van der Waals surface area contributed by atoms with Crippen LogP contribution in [0.25, 0.3) is 0 Å². The monoisotopic (exact) mass is 297 g/mol. The van der Waals surface area contributed by atoms with Gasteiger partial charge < -0.3 is 15.0 Å². The maximum atomic E-state index is 5.87. The van der Waals surface area contributed by atoms with E-state index >= 15 is 0 Å². The largest absolute Gasteiger partial charge is 0.485 e. The zero-order chi connectivity index (χ0) is 12.3. The van der Waals surface area contributed by atoms with E-state index in [1.807, 2.05) is 25.1 Å². The molecule has 90 valence electrons. The first-order chi connectivity index (χ1) is 8.16. The number of benzene rings is 1. The SMILES string of the molecule is CC(N)c1ccc(Br)cc1OCc1ncon1. The van der Waals surface area contributed by atoms with E-state index in [-0.39, 0.29) is 12.6 Å². The van der Waals surface area contributed by atoms with Crippen LogP contribution in [0, 0.1) is 0 Å². The Morgan fingerprint density at radius 1 is 1.53 bits per heavy atom. The number of aromatic nitrogens is 2. The zero-order valence-corrected chi connectivity index (χ0v) is 10.8. The lowest BCUT2D eigenvalue weighted by Crippen LogP contribution is -2.08. The lowest BCUT2D eigenvalue weighted by molar-refractivity contribution is 0.282. The van der Waals surface area contributed by atoms with Crippen LogP contribution in [0.15, 0.2) is 33.6 Å². The number of nitrogens with zero attached hydrogens (tertiary/aromatic N) is 2. The molecule has 1 atom stereocenters. The third kappa shape index (κ3) is 3.04. The van der Waals surface area contributed by atoms with Gasteiger partial charge in [-0.3, -0.25) is 0 Å². The van der Waals surface area contributed by atoms with Crippen molar-refractivity contribution in [2.75, 3.05) is 0 Å². The van der Waals surface area contributed by atoms with E-state index in [9.17, 15) is 0 Å². The molecule has 0 aliphatic carbocycles. The molecule has 0 spiro atoms. The van der Waals surface area contributed by atoms with Crippen LogP contribution in [0.2, 0.25) is 0 Å². The van der Waals surface area contributed by atoms with Crippen molar-refractivity contribution >= 4 is 15.9 Å². The first kappa shape index (κ1) is 12.1. The summed E-state index contributed by atoms with van der Waals surface area (Å²) >= 11 is 3.39. The van der Waals surface area contributed by atoms with Gasteiger partial charge in [0.25, 0.3) is 0 Å². The van der Waals surface area contributed by atoms with E-state index in [4.69, 9.17) is 10.5 Å². The Bertz CT molecular complexity index is 485. The molecule has 0 aliphatic rings. The van der Waals surface area contributed by atoms with E-state index in [0.717, 1.165) is 15.8 Å². The molecule has 1 heterocycles. The maximum absolute atomic E-state index is 5.87. The number of nitrogens with two attached hydrogens (primary N) is 1. The molecule has 1 unspecified atom stereocenters. The average molecular weight is 298 g/mol. The molecule has 2 rings (SSSR count). The second-order valence-electron chi connectivity index (χ2n) is 3.61. The summed E-state index contributed by atoms with van der Waals surface area (Å²) in [5, 5.41) is 3.67. The predicted octanol–water partition coefficient (Wildman–Crippen LogP) is 2.43. The number of halogens is 1. The summed E-state index contributed by atoms with van der Waals surface area (Å²) in [6.45, 7) is 2.16. The average Bonchev–Trinajstić information content (AvgIpc) is 2.78. The molecule has 5 nitrogen and oxygen atoms in total. The Labute approximate surface area is 107 Å². The van der Waals surface area contributed by atoms with E-state index in [0.29, 0.717) is 5.82 Å². The highest BCUT2D eigenvalue weighted by Gasteiger charge is 2.10. The molecule has 2 aromatic rings. The van der Waals surface area contributed by atoms with Crippen molar-refractivity contribution in [3.63, 3.8) is 0 Å². The lowest BCUT2D eigenvalue weighted by atomic mass is 10.1. The van der Waals surface area contributed by atoms with Gasteiger partial charge in [0.15, 0.2) is 6.61 Å². The van der Waals surface area contributed by atoms with Gasteiger partial charge in [0.2, 0.25) is 12.2 Å². The Morgan fingerprint density at radius 2 is 2.35 bits per heavy atom. The molecule has 0 saturated heterocycles. The van der Waals surface area contributed by atoms with Gasteiger partial charge in [-0.05, 0) is 19.1 Å². The van der Waals surface area contributed by atoms with Crippen molar-refractivity contribution in [1.82, 2.24) is 10.1 Å². The second-order valence-corrected chi connectivity index (χ2v) is 4.52. The van der Waals surface area contributed by atoms with Crippen LogP contribution in [0.4, 0.5) is 0 Å². The van der Waals surface area contributed by atoms with Crippen LogP contribution in [-0.4, -0.2) is 10.1 Å². The summed E-state index contributed by atoms with van der Waals surface area (Å²) in [4.78, 5) is 3.88. The van der Waals surface area contributed by atoms with Crippen molar-refractivity contribution in [2.45, 2.75) is 19.6 Å². The predicted molar refractivity (Wildman–Crippen MR) is 65.4 cm³/mol. The highest BCUT2D eigenvalue weighted by atomic mass is 79.9. The second kappa shape index (κ2) is 5.29. The summed E-state index contributed by atoms with van der Waals surface area (Å²) < 4.78 is 11.2. The van der Waals surface area contributed by atoms with Crippen molar-refractivity contribution in [3.8, 4) is 5.75 Å². The molecule has 1 aromatic heterocycles. The minimum absolute atomic E-state index is 0.0941. The van der Waals surface area contributed by atoms with Crippen LogP contribution in [0.1, 0.15) is 24.4 Å². The molecule has 0 saturated carbocycles. The third-order valence-corrected chi connectivity index (χ3v) is 2.72. The van der Waals surface area contributed by atoms with E-state index in [1.54, 1.807) is 0 Å². The van der Waals surface area contributed by atoms with E-state index in [2.05, 4.69) is 30.6 Å². The topological polar surface area (TPSA) is 74.2 Å². The van der Waals surface area contributed by atoms with Gasteiger partial charge >= 0.3 is 0 Å². The van der Waals surface area contributed by atoms with E-state index in [1.165, 1.54) is 6.39 Å². The number of rotatable bonds is 4. The molecule has 1 aromatic carbocycles. The molecule has 0 aliphatic heterocycles. The van der Waals surface area contributed by atoms with Gasteiger partial charge in [-0.15, -0.1) is 0 Å². The van der Waals surface area contributed by atoms with Gasteiger partial charge in [-0.25, -0.2) is 0 Å². The molecular formula is C11H12BrN3O2. The van der Waals surface area contributed by atoms with Crippen LogP contribution in [-0.2, 0) is 6.61 Å². The maximum Gasteiger partial charge on any atom is 0.213 e. The highest BCUT2D eigenvalue weighted by Crippen LogP contribution is 2.28. The van der Waals surface area contributed by atoms with Crippen molar-refractivity contribution in [3.05, 3.63) is 40.5 Å². The molecule has 0 amide bonds. The molecule has 6 heteroatoms. The normalized spacial score (nSPS) is 12.4. The number of hydrogen-bond acceptors (Lipinski definition) is 5. The minimum Gasteiger partial charge on any atom is -0.485 e. The van der Waals surface area contributed by atoms with Gasteiger partial charge in [0, 0.05) is 16.1 Å². The quantitative estimate of drug-likeness (QED) is 0.938. The molecule has 0 radical (unpaired) electrons. The fraction of sp³-hybridized carbons (Fsp3) is 0.273. The number of hydrogen-bond donors (Lipinski definition) is 1. The first-order valence-corrected chi connectivity index (χ1v) is 5.89. The van der Waals surface area contributed by atoms with Gasteiger partial charge in [0.1, 0.15) is 5.75 Å². The third-order valence-electron chi connectivity index (χ3n) is 2.23. The van der Waals surface area contributed by atoms with Crippen LogP contribution in [0.3, 0.4) is 0 Å². The number of ether oxygens (including phenoxy) is 1.